The number of hydrogen-bond donors (Lipinski definition) is 3. The monoisotopic (exact) mass is 454 g/mol. The van der Waals surface area contributed by atoms with Gasteiger partial charge in [-0.25, -0.2) is 5.48 Å². The summed E-state index contributed by atoms with van der Waals surface area (Å²) in [5, 5.41) is 11.5. The Hall–Kier alpha value is -4.16. The molecule has 0 unspecified atom stereocenters. The minimum atomic E-state index is -0.603. The van der Waals surface area contributed by atoms with Crippen LogP contribution in [0.4, 0.5) is 5.69 Å². The zero-order valence-electron chi connectivity index (χ0n) is 18.6. The SMILES string of the molecule is O=C(/C=C/c1ccc(/C=C(/C(=O)Nc2ccccc2)c2ccc(OCC3CC3)cc2)cc1)NO. The average molecular weight is 455 g/mol. The van der Waals surface area contributed by atoms with Crippen molar-refractivity contribution in [3.8, 4) is 5.75 Å². The predicted molar refractivity (Wildman–Crippen MR) is 133 cm³/mol. The van der Waals surface area contributed by atoms with Crippen LogP contribution in [0, 0.1) is 5.92 Å². The van der Waals surface area contributed by atoms with Crippen molar-refractivity contribution in [2.45, 2.75) is 12.8 Å². The van der Waals surface area contributed by atoms with E-state index in [-0.39, 0.29) is 5.91 Å². The molecule has 0 aliphatic heterocycles. The van der Waals surface area contributed by atoms with Gasteiger partial charge in [0, 0.05) is 17.3 Å². The zero-order chi connectivity index (χ0) is 23.8. The predicted octanol–water partition coefficient (Wildman–Crippen LogP) is 5.17. The van der Waals surface area contributed by atoms with Crippen LogP contribution in [-0.4, -0.2) is 23.6 Å². The maximum atomic E-state index is 13.2. The van der Waals surface area contributed by atoms with E-state index in [9.17, 15) is 9.59 Å². The van der Waals surface area contributed by atoms with Gasteiger partial charge in [-0.2, -0.15) is 0 Å². The number of hydrogen-bond acceptors (Lipinski definition) is 4. The first-order valence-electron chi connectivity index (χ1n) is 11.1. The number of anilines is 1. The number of carbonyl (C=O) groups excluding carboxylic acids is 2. The van der Waals surface area contributed by atoms with E-state index in [1.807, 2.05) is 84.9 Å². The second kappa shape index (κ2) is 11.1. The molecule has 0 heterocycles. The summed E-state index contributed by atoms with van der Waals surface area (Å²) in [7, 11) is 0. The van der Waals surface area contributed by atoms with Gasteiger partial charge in [0.15, 0.2) is 0 Å². The third kappa shape index (κ3) is 6.67. The van der Waals surface area contributed by atoms with Gasteiger partial charge in [-0.3, -0.25) is 14.8 Å². The van der Waals surface area contributed by atoms with Crippen molar-refractivity contribution in [2.75, 3.05) is 11.9 Å². The summed E-state index contributed by atoms with van der Waals surface area (Å²) in [5.41, 5.74) is 5.17. The van der Waals surface area contributed by atoms with Crippen LogP contribution in [0.15, 0.2) is 84.9 Å². The quantitative estimate of drug-likeness (QED) is 0.180. The van der Waals surface area contributed by atoms with Crippen molar-refractivity contribution in [2.24, 2.45) is 5.92 Å². The van der Waals surface area contributed by atoms with Gasteiger partial charge in [0.1, 0.15) is 5.75 Å². The fourth-order valence-electron chi connectivity index (χ4n) is 3.31. The van der Waals surface area contributed by atoms with Crippen LogP contribution in [0.3, 0.4) is 0 Å². The Morgan fingerprint density at radius 2 is 1.59 bits per heavy atom. The van der Waals surface area contributed by atoms with Crippen molar-refractivity contribution >= 4 is 35.2 Å². The highest BCUT2D eigenvalue weighted by Gasteiger charge is 2.22. The second-order valence-electron chi connectivity index (χ2n) is 8.13. The number of hydroxylamine groups is 1. The summed E-state index contributed by atoms with van der Waals surface area (Å²) in [6.45, 7) is 0.733. The van der Waals surface area contributed by atoms with Crippen LogP contribution in [0.2, 0.25) is 0 Å². The number of nitrogens with one attached hydrogen (secondary N) is 2. The number of carbonyl (C=O) groups is 2. The van der Waals surface area contributed by atoms with Crippen LogP contribution >= 0.6 is 0 Å². The molecule has 1 aliphatic rings. The minimum absolute atomic E-state index is 0.221. The van der Waals surface area contributed by atoms with Crippen molar-refractivity contribution in [1.82, 2.24) is 5.48 Å². The van der Waals surface area contributed by atoms with Gasteiger partial charge >= 0.3 is 0 Å². The van der Waals surface area contributed by atoms with Crippen molar-refractivity contribution in [3.05, 3.63) is 102 Å². The topological polar surface area (TPSA) is 87.7 Å². The summed E-state index contributed by atoms with van der Waals surface area (Å²) in [4.78, 5) is 24.4. The van der Waals surface area contributed by atoms with Crippen LogP contribution in [-0.2, 0) is 9.59 Å². The van der Waals surface area contributed by atoms with Crippen LogP contribution in [0.5, 0.6) is 5.75 Å². The second-order valence-corrected chi connectivity index (χ2v) is 8.13. The Bertz CT molecular complexity index is 1180. The Kier molecular flexibility index (Phi) is 7.53. The summed E-state index contributed by atoms with van der Waals surface area (Å²) < 4.78 is 5.83. The van der Waals surface area contributed by atoms with E-state index in [1.54, 1.807) is 11.6 Å². The Balaban J connectivity index is 1.57. The normalized spacial score (nSPS) is 13.5. The van der Waals surface area contributed by atoms with Gasteiger partial charge in [-0.1, -0.05) is 54.6 Å². The number of para-hydroxylation sites is 1. The van der Waals surface area contributed by atoms with E-state index in [1.165, 1.54) is 18.9 Å². The largest absolute Gasteiger partial charge is 0.493 e. The fourth-order valence-corrected chi connectivity index (χ4v) is 3.31. The molecule has 0 spiro atoms. The van der Waals surface area contributed by atoms with Gasteiger partial charge < -0.3 is 10.1 Å². The summed E-state index contributed by atoms with van der Waals surface area (Å²) in [6.07, 6.45) is 7.10. The molecule has 1 fully saturated rings. The summed E-state index contributed by atoms with van der Waals surface area (Å²) in [5.74, 6) is 0.638. The first-order valence-corrected chi connectivity index (χ1v) is 11.1. The molecule has 3 N–H and O–H groups in total. The molecule has 1 saturated carbocycles. The summed E-state index contributed by atoms with van der Waals surface area (Å²) >= 11 is 0. The summed E-state index contributed by atoms with van der Waals surface area (Å²) in [6, 6.07) is 24.3. The molecular weight excluding hydrogens is 428 g/mol. The van der Waals surface area contributed by atoms with E-state index in [0.717, 1.165) is 29.0 Å². The van der Waals surface area contributed by atoms with Crippen LogP contribution < -0.4 is 15.5 Å². The smallest absolute Gasteiger partial charge is 0.267 e. The van der Waals surface area contributed by atoms with Crippen LogP contribution in [0.25, 0.3) is 17.7 Å². The lowest BCUT2D eigenvalue weighted by Crippen LogP contribution is -2.14. The lowest BCUT2D eigenvalue weighted by atomic mass is 10.0. The Morgan fingerprint density at radius 1 is 0.912 bits per heavy atom. The highest BCUT2D eigenvalue weighted by Crippen LogP contribution is 2.30. The molecule has 6 heteroatoms. The highest BCUT2D eigenvalue weighted by atomic mass is 16.5. The van der Waals surface area contributed by atoms with E-state index >= 15 is 0 Å². The van der Waals surface area contributed by atoms with E-state index in [2.05, 4.69) is 5.32 Å². The van der Waals surface area contributed by atoms with Gasteiger partial charge in [-0.15, -0.1) is 0 Å². The molecule has 172 valence electrons. The van der Waals surface area contributed by atoms with Crippen molar-refractivity contribution < 1.29 is 19.5 Å². The van der Waals surface area contributed by atoms with Gasteiger partial charge in [0.25, 0.3) is 11.8 Å². The molecule has 6 nitrogen and oxygen atoms in total. The molecule has 4 rings (SSSR count). The number of amides is 2. The third-order valence-electron chi connectivity index (χ3n) is 5.41. The Morgan fingerprint density at radius 3 is 2.24 bits per heavy atom. The molecule has 0 atom stereocenters. The average Bonchev–Trinajstić information content (AvgIpc) is 3.71. The molecule has 3 aromatic carbocycles. The van der Waals surface area contributed by atoms with Crippen LogP contribution in [0.1, 0.15) is 29.5 Å². The molecule has 0 bridgehead atoms. The fraction of sp³-hybridized carbons (Fsp3) is 0.143. The molecule has 2 amide bonds. The maximum Gasteiger partial charge on any atom is 0.267 e. The van der Waals surface area contributed by atoms with Crippen molar-refractivity contribution in [1.29, 1.82) is 0 Å². The number of ether oxygens (including phenoxy) is 1. The minimum Gasteiger partial charge on any atom is -0.493 e. The lowest BCUT2D eigenvalue weighted by Gasteiger charge is -2.11. The van der Waals surface area contributed by atoms with E-state index in [4.69, 9.17) is 9.94 Å². The lowest BCUT2D eigenvalue weighted by molar-refractivity contribution is -0.124. The molecular formula is C28H26N2O4. The highest BCUT2D eigenvalue weighted by molar-refractivity contribution is 6.29. The molecule has 1 aliphatic carbocycles. The third-order valence-corrected chi connectivity index (χ3v) is 5.41. The van der Waals surface area contributed by atoms with Crippen molar-refractivity contribution in [3.63, 3.8) is 0 Å². The van der Waals surface area contributed by atoms with Gasteiger partial charge in [0.2, 0.25) is 0 Å². The molecule has 34 heavy (non-hydrogen) atoms. The first kappa shape index (κ1) is 23.0. The van der Waals surface area contributed by atoms with E-state index < -0.39 is 5.91 Å². The van der Waals surface area contributed by atoms with E-state index in [0.29, 0.717) is 17.2 Å². The standard InChI is InChI=1S/C28H26N2O4/c31-27(30-33)17-12-20-6-8-21(9-7-20)18-26(28(32)29-24-4-2-1-3-5-24)23-13-15-25(16-14-23)34-19-22-10-11-22/h1-9,12-18,22,33H,10-11,19H2,(H,29,32)(H,30,31)/b17-12+,26-18+. The maximum absolute atomic E-state index is 13.2. The van der Waals surface area contributed by atoms with Gasteiger partial charge in [-0.05, 0) is 71.9 Å². The molecule has 0 aromatic heterocycles. The number of benzene rings is 3. The molecule has 3 aromatic rings. The molecule has 0 saturated heterocycles. The zero-order valence-corrected chi connectivity index (χ0v) is 18.6. The first-order chi connectivity index (χ1) is 16.6. The number of rotatable bonds is 9. The Labute approximate surface area is 198 Å². The van der Waals surface area contributed by atoms with Gasteiger partial charge in [0.05, 0.1) is 6.61 Å². The molecule has 0 radical (unpaired) electrons.